The summed E-state index contributed by atoms with van der Waals surface area (Å²) in [6, 6.07) is 15.0. The highest BCUT2D eigenvalue weighted by atomic mass is 16.5. The second-order valence-electron chi connectivity index (χ2n) is 18.1. The number of carbonyl (C=O) groups is 4. The minimum absolute atomic E-state index is 0.217. The zero-order valence-electron chi connectivity index (χ0n) is 38.2. The number of fused-ring (bicyclic) bond motifs is 3. The van der Waals surface area contributed by atoms with Gasteiger partial charge in [-0.15, -0.1) is 0 Å². The zero-order valence-corrected chi connectivity index (χ0v) is 38.2. The second-order valence-corrected chi connectivity index (χ2v) is 18.1. The summed E-state index contributed by atoms with van der Waals surface area (Å²) < 4.78 is 7.81. The smallest absolute Gasteiger partial charge is 0.262 e. The molecular formula is C47H55N15O5. The van der Waals surface area contributed by atoms with Gasteiger partial charge in [0.25, 0.3) is 17.7 Å². The van der Waals surface area contributed by atoms with Crippen LogP contribution in [0.15, 0.2) is 78.3 Å². The molecule has 67 heavy (non-hydrogen) atoms. The van der Waals surface area contributed by atoms with Crippen LogP contribution in [0.1, 0.15) is 54.3 Å². The number of H-pyrrole nitrogens is 1. The molecule has 3 atom stereocenters. The van der Waals surface area contributed by atoms with E-state index in [9.17, 15) is 19.2 Å². The molecule has 2 aromatic carbocycles. The molecule has 3 aromatic heterocycles. The second kappa shape index (κ2) is 18.0. The first kappa shape index (κ1) is 43.8. The average molecular weight is 910 g/mol. The van der Waals surface area contributed by atoms with Crippen LogP contribution in [0, 0.1) is 0 Å². The first-order chi connectivity index (χ1) is 32.4. The number of nitrogens with zero attached hydrogens (tertiary/aromatic N) is 12. The number of allylic oxidation sites excluding steroid dienone is 2. The first-order valence-corrected chi connectivity index (χ1v) is 22.9. The Kier molecular flexibility index (Phi) is 11.8. The number of amides is 4. The van der Waals surface area contributed by atoms with Crippen LogP contribution >= 0.6 is 0 Å². The van der Waals surface area contributed by atoms with E-state index in [1.54, 1.807) is 16.8 Å². The number of ether oxygens (including phenoxy) is 1. The van der Waals surface area contributed by atoms with Crippen LogP contribution in [0.25, 0.3) is 22.2 Å². The Morgan fingerprint density at radius 2 is 1.70 bits per heavy atom. The molecule has 0 spiro atoms. The van der Waals surface area contributed by atoms with Crippen molar-refractivity contribution in [3.8, 4) is 11.3 Å². The van der Waals surface area contributed by atoms with E-state index in [4.69, 9.17) is 9.72 Å². The van der Waals surface area contributed by atoms with Crippen LogP contribution in [-0.4, -0.2) is 164 Å². The number of carbonyl (C=O) groups excluding carboxylic acids is 4. The van der Waals surface area contributed by atoms with Crippen LogP contribution in [0.5, 0.6) is 0 Å². The number of imide groups is 1. The maximum absolute atomic E-state index is 13.5. The number of piperazine rings is 2. The van der Waals surface area contributed by atoms with E-state index < -0.39 is 17.9 Å². The molecule has 5 aromatic rings. The third kappa shape index (κ3) is 8.40. The van der Waals surface area contributed by atoms with Gasteiger partial charge in [-0.05, 0) is 92.6 Å². The molecule has 0 saturated carbocycles. The lowest BCUT2D eigenvalue weighted by Gasteiger charge is -2.45. The molecule has 348 valence electrons. The van der Waals surface area contributed by atoms with Crippen molar-refractivity contribution in [3.05, 3.63) is 89.4 Å². The predicted molar refractivity (Wildman–Crippen MR) is 251 cm³/mol. The molecule has 8 heterocycles. The Labute approximate surface area is 387 Å². The van der Waals surface area contributed by atoms with Gasteiger partial charge in [0.05, 0.1) is 42.0 Å². The number of hydrogen-bond acceptors (Lipinski definition) is 15. The third-order valence-electron chi connectivity index (χ3n) is 13.9. The third-order valence-corrected chi connectivity index (χ3v) is 13.9. The van der Waals surface area contributed by atoms with Gasteiger partial charge in [-0.3, -0.25) is 39.0 Å². The van der Waals surface area contributed by atoms with Crippen molar-refractivity contribution in [2.45, 2.75) is 58.3 Å². The van der Waals surface area contributed by atoms with Crippen molar-refractivity contribution in [1.29, 1.82) is 0 Å². The molecular weight excluding hydrogens is 855 g/mol. The SMILES string of the molecule is C=C1CCC(N2C(=O)c3ccc(N4CCN(CCOCCN5[C@H](C)CN(c6cc(-c7n[nH]c8ccc(NC(=O)C9=C(C)N(C)c%10nnnn%10C9)cc78)ccn6)C[C@@H]5C)CC4)cc3C2=O)C(=O)N1. The topological polar surface area (TPSA) is 206 Å². The molecule has 3 N–H and O–H groups in total. The van der Waals surface area contributed by atoms with Gasteiger partial charge in [0.1, 0.15) is 17.6 Å². The Bertz CT molecular complexity index is 2800. The molecule has 5 aliphatic heterocycles. The fourth-order valence-electron chi connectivity index (χ4n) is 10.1. The number of hydrogen-bond donors (Lipinski definition) is 3. The quantitative estimate of drug-likeness (QED) is 0.122. The monoisotopic (exact) mass is 909 g/mol. The minimum Gasteiger partial charge on any atom is -0.379 e. The maximum Gasteiger partial charge on any atom is 0.262 e. The number of piperidine rings is 1. The van der Waals surface area contributed by atoms with Gasteiger partial charge in [0, 0.05) is 111 Å². The summed E-state index contributed by atoms with van der Waals surface area (Å²) in [7, 11) is 1.84. The van der Waals surface area contributed by atoms with E-state index in [1.807, 2.05) is 55.4 Å². The summed E-state index contributed by atoms with van der Waals surface area (Å²) in [6.45, 7) is 18.4. The van der Waals surface area contributed by atoms with Crippen LogP contribution in [0.3, 0.4) is 0 Å². The molecule has 1 unspecified atom stereocenters. The van der Waals surface area contributed by atoms with Crippen molar-refractivity contribution in [2.24, 2.45) is 0 Å². The number of nitrogens with one attached hydrogen (secondary N) is 3. The van der Waals surface area contributed by atoms with Gasteiger partial charge in [-0.1, -0.05) is 11.7 Å². The number of aromatic nitrogens is 7. The normalized spacial score (nSPS) is 21.6. The van der Waals surface area contributed by atoms with Gasteiger partial charge in [0.2, 0.25) is 11.9 Å². The molecule has 0 radical (unpaired) electrons. The first-order valence-electron chi connectivity index (χ1n) is 22.9. The number of aromatic amines is 1. The van der Waals surface area contributed by atoms with E-state index in [0.29, 0.717) is 60.1 Å². The van der Waals surface area contributed by atoms with Crippen molar-refractivity contribution >= 4 is 57.7 Å². The Balaban J connectivity index is 0.684. The molecule has 4 amide bonds. The molecule has 20 heteroatoms. The van der Waals surface area contributed by atoms with Crippen molar-refractivity contribution in [2.75, 3.05) is 92.6 Å². The number of pyridine rings is 1. The van der Waals surface area contributed by atoms with Crippen LogP contribution < -0.4 is 25.3 Å². The number of tetrazole rings is 1. The molecule has 20 nitrogen and oxygen atoms in total. The number of rotatable bonds is 12. The molecule has 3 saturated heterocycles. The van der Waals surface area contributed by atoms with Crippen molar-refractivity contribution < 1.29 is 23.9 Å². The largest absolute Gasteiger partial charge is 0.379 e. The van der Waals surface area contributed by atoms with Gasteiger partial charge in [-0.2, -0.15) is 5.10 Å². The Hall–Kier alpha value is -7.03. The molecule has 0 bridgehead atoms. The lowest BCUT2D eigenvalue weighted by molar-refractivity contribution is -0.125. The van der Waals surface area contributed by atoms with Gasteiger partial charge in [0.15, 0.2) is 0 Å². The van der Waals surface area contributed by atoms with Crippen molar-refractivity contribution in [1.82, 2.24) is 55.4 Å². The fraction of sp³-hybridized carbons (Fsp3) is 0.426. The van der Waals surface area contributed by atoms with Crippen LogP contribution in [0.2, 0.25) is 0 Å². The van der Waals surface area contributed by atoms with Crippen LogP contribution in [-0.2, 0) is 20.9 Å². The molecule has 10 rings (SSSR count). The summed E-state index contributed by atoms with van der Waals surface area (Å²) in [6.07, 6.45) is 2.74. The molecule has 3 fully saturated rings. The van der Waals surface area contributed by atoms with E-state index >= 15 is 0 Å². The predicted octanol–water partition coefficient (Wildman–Crippen LogP) is 3.10. The van der Waals surface area contributed by atoms with Crippen molar-refractivity contribution in [3.63, 3.8) is 0 Å². The van der Waals surface area contributed by atoms with Crippen LogP contribution in [0.4, 0.5) is 23.1 Å². The fourth-order valence-corrected chi connectivity index (χ4v) is 10.1. The minimum atomic E-state index is -0.822. The standard InChI is InChI=1S/C47H55N15O5/c1-28-6-11-40(44(64)49-28)62-45(65)35-9-8-34(24-36(35)46(62)66)58-16-14-57(15-17-58)18-20-67-21-19-60-29(2)25-59(26-30(60)3)41-22-32(12-13-48-41)42-37-23-33(7-10-39(37)51-52-42)50-43(63)38-27-61-47(53-54-55-61)56(5)31(38)4/h7-10,12-13,22-24,29-30,40H,1,6,11,14-21,25-27H2,2-5H3,(H,49,64)(H,50,63)(H,51,52)/t29-,30+,40?. The number of benzene rings is 2. The lowest BCUT2D eigenvalue weighted by atomic mass is 10.0. The summed E-state index contributed by atoms with van der Waals surface area (Å²) in [4.78, 5) is 69.9. The molecule has 5 aliphatic rings. The lowest BCUT2D eigenvalue weighted by Crippen LogP contribution is -2.57. The molecule has 0 aliphatic carbocycles. The Morgan fingerprint density at radius 1 is 0.925 bits per heavy atom. The maximum atomic E-state index is 13.5. The highest BCUT2D eigenvalue weighted by Gasteiger charge is 2.44. The highest BCUT2D eigenvalue weighted by Crippen LogP contribution is 2.34. The highest BCUT2D eigenvalue weighted by molar-refractivity contribution is 6.23. The van der Waals surface area contributed by atoms with Gasteiger partial charge in [-0.25, -0.2) is 9.67 Å². The van der Waals surface area contributed by atoms with Gasteiger partial charge >= 0.3 is 0 Å². The van der Waals surface area contributed by atoms with E-state index in [0.717, 1.165) is 96.6 Å². The Morgan fingerprint density at radius 3 is 2.49 bits per heavy atom. The average Bonchev–Trinajstić information content (AvgIpc) is 4.04. The van der Waals surface area contributed by atoms with E-state index in [2.05, 4.69) is 82.4 Å². The van der Waals surface area contributed by atoms with E-state index in [-0.39, 0.29) is 30.4 Å². The summed E-state index contributed by atoms with van der Waals surface area (Å²) in [5.41, 5.74) is 6.80. The summed E-state index contributed by atoms with van der Waals surface area (Å²) in [5, 5.41) is 26.3. The number of anilines is 4. The van der Waals surface area contributed by atoms with E-state index in [1.165, 1.54) is 0 Å². The zero-order chi connectivity index (χ0) is 46.5. The van der Waals surface area contributed by atoms with Gasteiger partial charge < -0.3 is 30.1 Å². The summed E-state index contributed by atoms with van der Waals surface area (Å²) >= 11 is 0. The summed E-state index contributed by atoms with van der Waals surface area (Å²) in [5.74, 6) is 0.0724.